The molecule has 0 aromatic carbocycles. The molecule has 0 aliphatic rings. The van der Waals surface area contributed by atoms with Gasteiger partial charge in [0.05, 0.1) is 18.2 Å². The van der Waals surface area contributed by atoms with Gasteiger partial charge >= 0.3 is 0 Å². The summed E-state index contributed by atoms with van der Waals surface area (Å²) >= 11 is 0. The van der Waals surface area contributed by atoms with Gasteiger partial charge in [-0.3, -0.25) is 5.10 Å². The molecule has 2 aromatic rings. The minimum atomic E-state index is 0.449. The van der Waals surface area contributed by atoms with Crippen molar-refractivity contribution in [2.24, 2.45) is 0 Å². The van der Waals surface area contributed by atoms with E-state index in [1.54, 1.807) is 0 Å². The first-order chi connectivity index (χ1) is 8.18. The van der Waals surface area contributed by atoms with Crippen molar-refractivity contribution in [1.82, 2.24) is 25.1 Å². The Labute approximate surface area is 101 Å². The molecule has 0 amide bonds. The summed E-state index contributed by atoms with van der Waals surface area (Å²) in [5.74, 6) is 0. The Morgan fingerprint density at radius 3 is 2.82 bits per heavy atom. The van der Waals surface area contributed by atoms with Crippen molar-refractivity contribution < 1.29 is 0 Å². The fraction of sp³-hybridized carbons (Fsp3) is 0.500. The van der Waals surface area contributed by atoms with E-state index < -0.39 is 0 Å². The minimum absolute atomic E-state index is 0.449. The summed E-state index contributed by atoms with van der Waals surface area (Å²) in [6.45, 7) is 7.99. The quantitative estimate of drug-likeness (QED) is 0.827. The van der Waals surface area contributed by atoms with Crippen molar-refractivity contribution in [1.29, 1.82) is 0 Å². The highest BCUT2D eigenvalue weighted by molar-refractivity contribution is 5.14. The minimum Gasteiger partial charge on any atom is -0.331 e. The van der Waals surface area contributed by atoms with Crippen molar-refractivity contribution in [2.75, 3.05) is 0 Å². The molecule has 2 rings (SSSR count). The second-order valence-corrected chi connectivity index (χ2v) is 4.51. The summed E-state index contributed by atoms with van der Waals surface area (Å²) in [5.41, 5.74) is 3.54. The molecule has 0 atom stereocenters. The highest BCUT2D eigenvalue weighted by Crippen LogP contribution is 2.09. The van der Waals surface area contributed by atoms with Crippen LogP contribution in [-0.2, 0) is 13.1 Å². The van der Waals surface area contributed by atoms with E-state index in [0.29, 0.717) is 6.04 Å². The third-order valence-corrected chi connectivity index (χ3v) is 2.86. The van der Waals surface area contributed by atoms with Gasteiger partial charge in [-0.25, -0.2) is 4.98 Å². The lowest BCUT2D eigenvalue weighted by molar-refractivity contribution is 0.550. The number of aromatic amines is 1. The van der Waals surface area contributed by atoms with E-state index in [-0.39, 0.29) is 0 Å². The van der Waals surface area contributed by atoms with Gasteiger partial charge in [0.25, 0.3) is 0 Å². The number of H-pyrrole nitrogens is 1. The summed E-state index contributed by atoms with van der Waals surface area (Å²) < 4.78 is 2.18. The van der Waals surface area contributed by atoms with Gasteiger partial charge in [-0.1, -0.05) is 0 Å². The zero-order valence-corrected chi connectivity index (χ0v) is 10.6. The summed E-state index contributed by atoms with van der Waals surface area (Å²) in [5, 5.41) is 10.3. The molecule has 0 fully saturated rings. The molecule has 0 bridgehead atoms. The monoisotopic (exact) mass is 233 g/mol. The Hall–Kier alpha value is -1.62. The first-order valence-electron chi connectivity index (χ1n) is 5.88. The zero-order chi connectivity index (χ0) is 12.3. The molecule has 0 aliphatic heterocycles. The van der Waals surface area contributed by atoms with Gasteiger partial charge in [0.15, 0.2) is 0 Å². The predicted octanol–water partition coefficient (Wildman–Crippen LogP) is 1.79. The summed E-state index contributed by atoms with van der Waals surface area (Å²) in [7, 11) is 0. The Morgan fingerprint density at radius 2 is 2.18 bits per heavy atom. The molecule has 0 unspecified atom stereocenters. The van der Waals surface area contributed by atoms with Crippen LogP contribution in [0.3, 0.4) is 0 Å². The molecular weight excluding hydrogens is 214 g/mol. The Morgan fingerprint density at radius 1 is 1.35 bits per heavy atom. The number of rotatable bonds is 5. The van der Waals surface area contributed by atoms with E-state index in [4.69, 9.17) is 0 Å². The molecule has 0 saturated heterocycles. The van der Waals surface area contributed by atoms with E-state index in [9.17, 15) is 0 Å². The van der Waals surface area contributed by atoms with Crippen LogP contribution in [0.2, 0.25) is 0 Å². The van der Waals surface area contributed by atoms with Crippen molar-refractivity contribution in [3.05, 3.63) is 35.7 Å². The van der Waals surface area contributed by atoms with Crippen LogP contribution >= 0.6 is 0 Å². The summed E-state index contributed by atoms with van der Waals surface area (Å²) in [4.78, 5) is 4.18. The third kappa shape index (κ3) is 2.74. The average Bonchev–Trinajstić information content (AvgIpc) is 2.88. The highest BCUT2D eigenvalue weighted by Gasteiger charge is 2.05. The van der Waals surface area contributed by atoms with Crippen molar-refractivity contribution >= 4 is 0 Å². The molecule has 17 heavy (non-hydrogen) atoms. The predicted molar refractivity (Wildman–Crippen MR) is 66.5 cm³/mol. The van der Waals surface area contributed by atoms with E-state index in [0.717, 1.165) is 18.8 Å². The summed E-state index contributed by atoms with van der Waals surface area (Å²) in [6, 6.07) is 0.449. The van der Waals surface area contributed by atoms with Crippen molar-refractivity contribution in [3.63, 3.8) is 0 Å². The number of hydrogen-bond donors (Lipinski definition) is 2. The van der Waals surface area contributed by atoms with Crippen LogP contribution in [0.15, 0.2) is 18.7 Å². The van der Waals surface area contributed by atoms with Gasteiger partial charge in [0.1, 0.15) is 0 Å². The lowest BCUT2D eigenvalue weighted by atomic mass is 10.2. The normalized spacial score (nSPS) is 11.3. The number of aryl methyl sites for hydroxylation is 1. The fourth-order valence-electron chi connectivity index (χ4n) is 1.81. The molecule has 2 aromatic heterocycles. The van der Waals surface area contributed by atoms with Gasteiger partial charge in [-0.15, -0.1) is 0 Å². The maximum absolute atomic E-state index is 4.18. The van der Waals surface area contributed by atoms with Crippen LogP contribution in [0, 0.1) is 6.92 Å². The molecule has 0 radical (unpaired) electrons. The van der Waals surface area contributed by atoms with Crippen LogP contribution in [-0.4, -0.2) is 19.7 Å². The number of hydrogen-bond acceptors (Lipinski definition) is 3. The van der Waals surface area contributed by atoms with Crippen molar-refractivity contribution in [3.8, 4) is 0 Å². The molecular formula is C12H19N5. The second-order valence-electron chi connectivity index (χ2n) is 4.51. The van der Waals surface area contributed by atoms with E-state index in [1.807, 2.05) is 25.6 Å². The average molecular weight is 233 g/mol. The highest BCUT2D eigenvalue weighted by atomic mass is 15.1. The Kier molecular flexibility index (Phi) is 3.58. The molecule has 0 aliphatic carbocycles. The number of nitrogens with zero attached hydrogens (tertiary/aromatic N) is 3. The van der Waals surface area contributed by atoms with Crippen LogP contribution in [0.4, 0.5) is 0 Å². The SMILES string of the molecule is Cc1[nH]ncc1CNCc1cncn1C(C)C. The van der Waals surface area contributed by atoms with E-state index >= 15 is 0 Å². The number of nitrogens with one attached hydrogen (secondary N) is 2. The molecule has 5 nitrogen and oxygen atoms in total. The fourth-order valence-corrected chi connectivity index (χ4v) is 1.81. The molecule has 2 N–H and O–H groups in total. The topological polar surface area (TPSA) is 58.5 Å². The molecule has 5 heteroatoms. The van der Waals surface area contributed by atoms with Gasteiger partial charge in [-0.05, 0) is 20.8 Å². The standard InChI is InChI=1S/C12H19N5/c1-9(2)17-8-14-7-12(17)6-13-4-11-5-15-16-10(11)3/h5,7-9,13H,4,6H2,1-3H3,(H,15,16). The van der Waals surface area contributed by atoms with Crippen LogP contribution in [0.25, 0.3) is 0 Å². The molecule has 92 valence electrons. The van der Waals surface area contributed by atoms with Crippen LogP contribution in [0.1, 0.15) is 36.8 Å². The first kappa shape index (κ1) is 11.9. The Bertz CT molecular complexity index is 469. The lowest BCUT2D eigenvalue weighted by Gasteiger charge is -2.12. The van der Waals surface area contributed by atoms with Gasteiger partial charge in [0.2, 0.25) is 0 Å². The lowest BCUT2D eigenvalue weighted by Crippen LogP contribution is -2.16. The van der Waals surface area contributed by atoms with Gasteiger partial charge in [0, 0.05) is 36.6 Å². The largest absolute Gasteiger partial charge is 0.331 e. The van der Waals surface area contributed by atoms with E-state index in [1.165, 1.54) is 11.3 Å². The smallest absolute Gasteiger partial charge is 0.0951 e. The second kappa shape index (κ2) is 5.14. The zero-order valence-electron chi connectivity index (χ0n) is 10.6. The Balaban J connectivity index is 1.90. The summed E-state index contributed by atoms with van der Waals surface area (Å²) in [6.07, 6.45) is 5.65. The van der Waals surface area contributed by atoms with E-state index in [2.05, 4.69) is 38.9 Å². The molecule has 2 heterocycles. The molecule has 0 saturated carbocycles. The van der Waals surface area contributed by atoms with Crippen LogP contribution in [0.5, 0.6) is 0 Å². The van der Waals surface area contributed by atoms with Gasteiger partial charge < -0.3 is 9.88 Å². The maximum atomic E-state index is 4.18. The third-order valence-electron chi connectivity index (χ3n) is 2.86. The first-order valence-corrected chi connectivity index (χ1v) is 5.88. The van der Waals surface area contributed by atoms with Gasteiger partial charge in [-0.2, -0.15) is 5.10 Å². The maximum Gasteiger partial charge on any atom is 0.0951 e. The number of aromatic nitrogens is 4. The number of imidazole rings is 1. The van der Waals surface area contributed by atoms with Crippen LogP contribution < -0.4 is 5.32 Å². The van der Waals surface area contributed by atoms with Crippen molar-refractivity contribution in [2.45, 2.75) is 39.9 Å². The molecule has 0 spiro atoms.